The SMILES string of the molecule is CC(=O)C(C)c1nc(-c2ccc(F)cc2Cl)no1. The lowest BCUT2D eigenvalue weighted by Crippen LogP contribution is -2.04. The molecule has 4 nitrogen and oxygen atoms in total. The summed E-state index contributed by atoms with van der Waals surface area (Å²) in [6.07, 6.45) is 0. The molecule has 0 amide bonds. The third-order valence-electron chi connectivity index (χ3n) is 2.59. The molecule has 0 bridgehead atoms. The van der Waals surface area contributed by atoms with Gasteiger partial charge in [-0.25, -0.2) is 4.39 Å². The van der Waals surface area contributed by atoms with E-state index in [1.165, 1.54) is 25.1 Å². The Morgan fingerprint density at radius 1 is 1.50 bits per heavy atom. The van der Waals surface area contributed by atoms with E-state index in [0.717, 1.165) is 0 Å². The van der Waals surface area contributed by atoms with Gasteiger partial charge in [-0.05, 0) is 32.0 Å². The van der Waals surface area contributed by atoms with Gasteiger partial charge in [0.15, 0.2) is 0 Å². The molecule has 0 spiro atoms. The third-order valence-corrected chi connectivity index (χ3v) is 2.91. The topological polar surface area (TPSA) is 56.0 Å². The summed E-state index contributed by atoms with van der Waals surface area (Å²) in [5, 5.41) is 3.93. The Hall–Kier alpha value is -1.75. The van der Waals surface area contributed by atoms with E-state index in [-0.39, 0.29) is 22.5 Å². The minimum atomic E-state index is -0.467. The Balaban J connectivity index is 2.38. The van der Waals surface area contributed by atoms with Crippen LogP contribution in [0.3, 0.4) is 0 Å². The zero-order chi connectivity index (χ0) is 13.3. The summed E-state index contributed by atoms with van der Waals surface area (Å²) in [6, 6.07) is 3.89. The molecule has 1 aromatic heterocycles. The van der Waals surface area contributed by atoms with Crippen molar-refractivity contribution in [2.45, 2.75) is 19.8 Å². The average Bonchev–Trinajstić information content (AvgIpc) is 2.77. The first-order valence-corrected chi connectivity index (χ1v) is 5.66. The number of ketones is 1. The number of aromatic nitrogens is 2. The number of Topliss-reactive ketones (excluding diaryl/α,β-unsaturated/α-hetero) is 1. The van der Waals surface area contributed by atoms with Crippen molar-refractivity contribution in [2.75, 3.05) is 0 Å². The van der Waals surface area contributed by atoms with Crippen LogP contribution < -0.4 is 0 Å². The van der Waals surface area contributed by atoms with Gasteiger partial charge in [-0.1, -0.05) is 16.8 Å². The third kappa shape index (κ3) is 2.41. The monoisotopic (exact) mass is 268 g/mol. The maximum absolute atomic E-state index is 12.9. The molecule has 2 rings (SSSR count). The van der Waals surface area contributed by atoms with Gasteiger partial charge >= 0.3 is 0 Å². The quantitative estimate of drug-likeness (QED) is 0.858. The van der Waals surface area contributed by atoms with Crippen molar-refractivity contribution in [2.24, 2.45) is 0 Å². The highest BCUT2D eigenvalue weighted by Gasteiger charge is 2.19. The Labute approximate surface area is 108 Å². The second-order valence-corrected chi connectivity index (χ2v) is 4.32. The predicted octanol–water partition coefficient (Wildman–Crippen LogP) is 3.22. The number of benzene rings is 1. The normalized spacial score (nSPS) is 12.4. The van der Waals surface area contributed by atoms with Crippen LogP contribution in [0.1, 0.15) is 25.7 Å². The van der Waals surface area contributed by atoms with Crippen LogP contribution in [0.5, 0.6) is 0 Å². The summed E-state index contributed by atoms with van der Waals surface area (Å²) < 4.78 is 17.9. The van der Waals surface area contributed by atoms with Gasteiger partial charge in [0.2, 0.25) is 11.7 Å². The molecule has 18 heavy (non-hydrogen) atoms. The van der Waals surface area contributed by atoms with Crippen molar-refractivity contribution in [3.05, 3.63) is 34.9 Å². The van der Waals surface area contributed by atoms with Crippen molar-refractivity contribution in [1.29, 1.82) is 0 Å². The lowest BCUT2D eigenvalue weighted by atomic mass is 10.1. The molecule has 6 heteroatoms. The molecule has 0 saturated carbocycles. The number of carbonyl (C=O) groups is 1. The van der Waals surface area contributed by atoms with Crippen LogP contribution >= 0.6 is 11.6 Å². The molecule has 0 aliphatic rings. The summed E-state index contributed by atoms with van der Waals surface area (Å²) >= 11 is 5.89. The molecular weight excluding hydrogens is 259 g/mol. The van der Waals surface area contributed by atoms with Gasteiger partial charge in [0.25, 0.3) is 0 Å². The lowest BCUT2D eigenvalue weighted by Gasteiger charge is -1.99. The fourth-order valence-electron chi connectivity index (χ4n) is 1.37. The lowest BCUT2D eigenvalue weighted by molar-refractivity contribution is -0.118. The van der Waals surface area contributed by atoms with Gasteiger partial charge in [0.1, 0.15) is 11.6 Å². The number of rotatable bonds is 3. The second kappa shape index (κ2) is 4.86. The smallest absolute Gasteiger partial charge is 0.237 e. The highest BCUT2D eigenvalue weighted by Crippen LogP contribution is 2.27. The van der Waals surface area contributed by atoms with E-state index in [1.807, 2.05) is 0 Å². The van der Waals surface area contributed by atoms with E-state index in [9.17, 15) is 9.18 Å². The Morgan fingerprint density at radius 3 is 2.83 bits per heavy atom. The van der Waals surface area contributed by atoms with Crippen LogP contribution in [0.4, 0.5) is 4.39 Å². The number of hydrogen-bond donors (Lipinski definition) is 0. The highest BCUT2D eigenvalue weighted by molar-refractivity contribution is 6.33. The molecule has 0 fully saturated rings. The van der Waals surface area contributed by atoms with Crippen LogP contribution in [0.2, 0.25) is 5.02 Å². The summed E-state index contributed by atoms with van der Waals surface area (Å²) in [7, 11) is 0. The van der Waals surface area contributed by atoms with Gasteiger partial charge in [-0.3, -0.25) is 4.79 Å². The largest absolute Gasteiger partial charge is 0.338 e. The van der Waals surface area contributed by atoms with E-state index in [4.69, 9.17) is 16.1 Å². The highest BCUT2D eigenvalue weighted by atomic mass is 35.5. The molecule has 1 unspecified atom stereocenters. The van der Waals surface area contributed by atoms with Crippen LogP contribution in [0.15, 0.2) is 22.7 Å². The van der Waals surface area contributed by atoms with E-state index in [0.29, 0.717) is 5.56 Å². The number of carbonyl (C=O) groups excluding carboxylic acids is 1. The summed E-state index contributed by atoms with van der Waals surface area (Å²) in [6.45, 7) is 3.12. The van der Waals surface area contributed by atoms with Gasteiger partial charge in [-0.15, -0.1) is 0 Å². The van der Waals surface area contributed by atoms with Crippen LogP contribution in [-0.2, 0) is 4.79 Å². The fraction of sp³-hybridized carbons (Fsp3) is 0.250. The van der Waals surface area contributed by atoms with Gasteiger partial charge < -0.3 is 4.52 Å². The van der Waals surface area contributed by atoms with Crippen molar-refractivity contribution < 1.29 is 13.7 Å². The zero-order valence-electron chi connectivity index (χ0n) is 9.78. The molecule has 0 radical (unpaired) electrons. The maximum atomic E-state index is 12.9. The molecule has 0 saturated heterocycles. The van der Waals surface area contributed by atoms with Crippen molar-refractivity contribution >= 4 is 17.4 Å². The molecule has 0 aliphatic carbocycles. The molecule has 1 atom stereocenters. The molecule has 94 valence electrons. The van der Waals surface area contributed by atoms with Crippen LogP contribution in [0, 0.1) is 5.82 Å². The van der Waals surface area contributed by atoms with E-state index in [1.54, 1.807) is 6.92 Å². The van der Waals surface area contributed by atoms with Gasteiger partial charge in [0, 0.05) is 5.56 Å². The number of halogens is 2. The van der Waals surface area contributed by atoms with Crippen molar-refractivity contribution in [3.8, 4) is 11.4 Å². The Bertz CT molecular complexity index is 598. The molecule has 0 aliphatic heterocycles. The van der Waals surface area contributed by atoms with Crippen molar-refractivity contribution in [3.63, 3.8) is 0 Å². The summed E-state index contributed by atoms with van der Waals surface area (Å²) in [5.41, 5.74) is 0.462. The predicted molar refractivity (Wildman–Crippen MR) is 63.8 cm³/mol. The molecule has 0 N–H and O–H groups in total. The van der Waals surface area contributed by atoms with Gasteiger partial charge in [0.05, 0.1) is 10.9 Å². The second-order valence-electron chi connectivity index (χ2n) is 3.91. The van der Waals surface area contributed by atoms with E-state index >= 15 is 0 Å². The molecule has 1 heterocycles. The Morgan fingerprint density at radius 2 is 2.22 bits per heavy atom. The molecule has 1 aromatic carbocycles. The Kier molecular flexibility index (Phi) is 3.43. The summed E-state index contributed by atoms with van der Waals surface area (Å²) in [4.78, 5) is 15.3. The first-order chi connectivity index (χ1) is 8.49. The van der Waals surface area contributed by atoms with Crippen LogP contribution in [0.25, 0.3) is 11.4 Å². The minimum absolute atomic E-state index is 0.0737. The first kappa shape index (κ1) is 12.7. The molecular formula is C12H10ClFN2O2. The number of hydrogen-bond acceptors (Lipinski definition) is 4. The first-order valence-electron chi connectivity index (χ1n) is 5.28. The standard InChI is InChI=1S/C12H10ClFN2O2/c1-6(7(2)17)12-15-11(16-18-12)9-4-3-8(14)5-10(9)13/h3-6H,1-2H3. The van der Waals surface area contributed by atoms with Crippen molar-refractivity contribution in [1.82, 2.24) is 10.1 Å². The summed E-state index contributed by atoms with van der Waals surface area (Å²) in [5.74, 6) is -0.522. The minimum Gasteiger partial charge on any atom is -0.338 e. The van der Waals surface area contributed by atoms with Crippen LogP contribution in [-0.4, -0.2) is 15.9 Å². The van der Waals surface area contributed by atoms with E-state index < -0.39 is 11.7 Å². The zero-order valence-corrected chi connectivity index (χ0v) is 10.5. The molecule has 2 aromatic rings. The maximum Gasteiger partial charge on any atom is 0.237 e. The average molecular weight is 269 g/mol. The number of nitrogens with zero attached hydrogens (tertiary/aromatic N) is 2. The van der Waals surface area contributed by atoms with Gasteiger partial charge in [-0.2, -0.15) is 4.98 Å². The van der Waals surface area contributed by atoms with E-state index in [2.05, 4.69) is 10.1 Å². The fourth-order valence-corrected chi connectivity index (χ4v) is 1.62.